The summed E-state index contributed by atoms with van der Waals surface area (Å²) in [5.41, 5.74) is 8.43. The third-order valence-corrected chi connectivity index (χ3v) is 2.50. The minimum Gasteiger partial charge on any atom is -0.396 e. The lowest BCUT2D eigenvalue weighted by molar-refractivity contribution is 0.299. The molecule has 2 rings (SSSR count). The molecule has 1 heterocycles. The van der Waals surface area contributed by atoms with E-state index in [4.69, 9.17) is 10.8 Å². The normalized spacial score (nSPS) is 10.3. The van der Waals surface area contributed by atoms with Gasteiger partial charge >= 0.3 is 0 Å². The molecule has 0 spiro atoms. The first-order chi connectivity index (χ1) is 8.67. The van der Waals surface area contributed by atoms with Gasteiger partial charge in [0.2, 0.25) is 5.95 Å². The molecule has 0 aliphatic rings. The largest absolute Gasteiger partial charge is 0.396 e. The zero-order valence-electron chi connectivity index (χ0n) is 10.2. The number of aliphatic hydroxyl groups is 1. The number of nitrogens with two attached hydrogens (primary N) is 1. The molecule has 2 aromatic rings. The Morgan fingerprint density at radius 3 is 2.56 bits per heavy atom. The second-order valence-corrected chi connectivity index (χ2v) is 4.05. The first-order valence-electron chi connectivity index (χ1n) is 5.75. The Balaban J connectivity index is 2.13. The summed E-state index contributed by atoms with van der Waals surface area (Å²) >= 11 is 0. The van der Waals surface area contributed by atoms with Crippen molar-refractivity contribution < 1.29 is 5.11 Å². The van der Waals surface area contributed by atoms with Crippen molar-refractivity contribution in [2.75, 3.05) is 17.7 Å². The summed E-state index contributed by atoms with van der Waals surface area (Å²) in [5.74, 6) is 0.935. The zero-order valence-corrected chi connectivity index (χ0v) is 10.2. The van der Waals surface area contributed by atoms with E-state index in [1.165, 1.54) is 0 Å². The summed E-state index contributed by atoms with van der Waals surface area (Å²) in [5, 5.41) is 12.0. The van der Waals surface area contributed by atoms with Crippen LogP contribution in [0.25, 0.3) is 0 Å². The van der Waals surface area contributed by atoms with Gasteiger partial charge in [-0.2, -0.15) is 4.98 Å². The Bertz CT molecular complexity index is 505. The zero-order chi connectivity index (χ0) is 13.0. The lowest BCUT2D eigenvalue weighted by atomic mass is 10.1. The molecule has 0 fully saturated rings. The van der Waals surface area contributed by atoms with Crippen molar-refractivity contribution in [3.8, 4) is 0 Å². The molecule has 5 heteroatoms. The Hall–Kier alpha value is -2.14. The number of aryl methyl sites for hydroxylation is 1. The fraction of sp³-hybridized carbons (Fsp3) is 0.231. The second kappa shape index (κ2) is 5.46. The van der Waals surface area contributed by atoms with Crippen LogP contribution in [0.5, 0.6) is 0 Å². The van der Waals surface area contributed by atoms with Gasteiger partial charge < -0.3 is 16.2 Å². The highest BCUT2D eigenvalue weighted by Crippen LogP contribution is 2.16. The van der Waals surface area contributed by atoms with Crippen molar-refractivity contribution in [3.63, 3.8) is 0 Å². The molecule has 0 amide bonds. The van der Waals surface area contributed by atoms with Crippen molar-refractivity contribution in [2.45, 2.75) is 13.3 Å². The van der Waals surface area contributed by atoms with Crippen LogP contribution in [-0.4, -0.2) is 21.7 Å². The number of aliphatic hydroxyl groups excluding tert-OH is 1. The highest BCUT2D eigenvalue weighted by molar-refractivity contribution is 5.57. The standard InChI is InChI=1S/C13H16N4O/c1-9-8-12(17-13(14)15-9)16-11-4-2-10(3-5-11)6-7-18/h2-5,8,18H,6-7H2,1H3,(H3,14,15,16,17). The van der Waals surface area contributed by atoms with Crippen LogP contribution in [0.15, 0.2) is 30.3 Å². The smallest absolute Gasteiger partial charge is 0.222 e. The molecular weight excluding hydrogens is 228 g/mol. The highest BCUT2D eigenvalue weighted by Gasteiger charge is 2.00. The van der Waals surface area contributed by atoms with Crippen LogP contribution < -0.4 is 11.1 Å². The molecule has 0 unspecified atom stereocenters. The molecule has 4 N–H and O–H groups in total. The van der Waals surface area contributed by atoms with Crippen molar-refractivity contribution >= 4 is 17.5 Å². The minimum absolute atomic E-state index is 0.161. The van der Waals surface area contributed by atoms with Crippen LogP contribution in [-0.2, 0) is 6.42 Å². The molecule has 0 radical (unpaired) electrons. The van der Waals surface area contributed by atoms with E-state index in [0.717, 1.165) is 16.9 Å². The molecule has 5 nitrogen and oxygen atoms in total. The van der Waals surface area contributed by atoms with E-state index < -0.39 is 0 Å². The van der Waals surface area contributed by atoms with Crippen LogP contribution in [0.4, 0.5) is 17.5 Å². The first kappa shape index (κ1) is 12.3. The van der Waals surface area contributed by atoms with E-state index in [0.29, 0.717) is 12.2 Å². The Labute approximate surface area is 106 Å². The average molecular weight is 244 g/mol. The number of hydrogen-bond donors (Lipinski definition) is 3. The first-order valence-corrected chi connectivity index (χ1v) is 5.75. The summed E-state index contributed by atoms with van der Waals surface area (Å²) in [6.07, 6.45) is 0.667. The highest BCUT2D eigenvalue weighted by atomic mass is 16.2. The van der Waals surface area contributed by atoms with Crippen LogP contribution in [0.3, 0.4) is 0 Å². The van der Waals surface area contributed by atoms with Gasteiger partial charge in [-0.1, -0.05) is 12.1 Å². The number of anilines is 3. The Morgan fingerprint density at radius 1 is 1.22 bits per heavy atom. The quantitative estimate of drug-likeness (QED) is 0.761. The average Bonchev–Trinajstić information content (AvgIpc) is 2.31. The molecule has 18 heavy (non-hydrogen) atoms. The predicted molar refractivity (Wildman–Crippen MR) is 71.7 cm³/mol. The van der Waals surface area contributed by atoms with Crippen molar-refractivity contribution in [2.24, 2.45) is 0 Å². The number of benzene rings is 1. The van der Waals surface area contributed by atoms with Gasteiger partial charge in [0.25, 0.3) is 0 Å². The number of aromatic nitrogens is 2. The SMILES string of the molecule is Cc1cc(Nc2ccc(CCO)cc2)nc(N)n1. The lowest BCUT2D eigenvalue weighted by Crippen LogP contribution is -2.01. The van der Waals surface area contributed by atoms with E-state index in [-0.39, 0.29) is 12.6 Å². The van der Waals surface area contributed by atoms with Crippen LogP contribution in [0, 0.1) is 6.92 Å². The maximum Gasteiger partial charge on any atom is 0.222 e. The summed E-state index contributed by atoms with van der Waals surface area (Å²) in [4.78, 5) is 8.12. The number of hydrogen-bond acceptors (Lipinski definition) is 5. The summed E-state index contributed by atoms with van der Waals surface area (Å²) in [6.45, 7) is 2.03. The van der Waals surface area contributed by atoms with Gasteiger partial charge in [-0.15, -0.1) is 0 Å². The second-order valence-electron chi connectivity index (χ2n) is 4.05. The van der Waals surface area contributed by atoms with Crippen LogP contribution in [0.1, 0.15) is 11.3 Å². The van der Waals surface area contributed by atoms with Crippen molar-refractivity contribution in [3.05, 3.63) is 41.6 Å². The van der Waals surface area contributed by atoms with Gasteiger partial charge in [0.1, 0.15) is 5.82 Å². The van der Waals surface area contributed by atoms with E-state index in [1.807, 2.05) is 37.3 Å². The third-order valence-electron chi connectivity index (χ3n) is 2.50. The Kier molecular flexibility index (Phi) is 3.74. The number of nitrogens with zero attached hydrogens (tertiary/aromatic N) is 2. The maximum absolute atomic E-state index is 8.84. The molecule has 0 saturated heterocycles. The molecule has 0 bridgehead atoms. The molecule has 1 aromatic heterocycles. The molecule has 0 aliphatic carbocycles. The van der Waals surface area contributed by atoms with Crippen LogP contribution >= 0.6 is 0 Å². The van der Waals surface area contributed by atoms with Gasteiger partial charge in [0, 0.05) is 24.1 Å². The fourth-order valence-electron chi connectivity index (χ4n) is 1.69. The molecule has 1 aromatic carbocycles. The third kappa shape index (κ3) is 3.18. The molecule has 94 valence electrons. The maximum atomic E-state index is 8.84. The minimum atomic E-state index is 0.161. The van der Waals surface area contributed by atoms with Crippen molar-refractivity contribution in [1.29, 1.82) is 0 Å². The number of nitrogen functional groups attached to an aromatic ring is 1. The van der Waals surface area contributed by atoms with Gasteiger partial charge in [0.05, 0.1) is 0 Å². The van der Waals surface area contributed by atoms with E-state index in [9.17, 15) is 0 Å². The van der Waals surface area contributed by atoms with Gasteiger partial charge in [0.15, 0.2) is 0 Å². The molecular formula is C13H16N4O. The summed E-state index contributed by atoms with van der Waals surface area (Å²) < 4.78 is 0. The predicted octanol–water partition coefficient (Wildman–Crippen LogP) is 1.65. The monoisotopic (exact) mass is 244 g/mol. The van der Waals surface area contributed by atoms with E-state index in [1.54, 1.807) is 0 Å². The number of rotatable bonds is 4. The van der Waals surface area contributed by atoms with Gasteiger partial charge in [-0.05, 0) is 31.0 Å². The van der Waals surface area contributed by atoms with Gasteiger partial charge in [-0.3, -0.25) is 0 Å². The van der Waals surface area contributed by atoms with Gasteiger partial charge in [-0.25, -0.2) is 4.98 Å². The fourth-order valence-corrected chi connectivity index (χ4v) is 1.69. The topological polar surface area (TPSA) is 84.1 Å². The van der Waals surface area contributed by atoms with E-state index in [2.05, 4.69) is 15.3 Å². The summed E-state index contributed by atoms with van der Waals surface area (Å²) in [7, 11) is 0. The van der Waals surface area contributed by atoms with Crippen LogP contribution in [0.2, 0.25) is 0 Å². The lowest BCUT2D eigenvalue weighted by Gasteiger charge is -2.07. The molecule has 0 aliphatic heterocycles. The molecule has 0 saturated carbocycles. The van der Waals surface area contributed by atoms with E-state index >= 15 is 0 Å². The Morgan fingerprint density at radius 2 is 1.94 bits per heavy atom. The number of nitrogens with one attached hydrogen (secondary N) is 1. The molecule has 0 atom stereocenters. The summed E-state index contributed by atoms with van der Waals surface area (Å²) in [6, 6.07) is 9.65. The van der Waals surface area contributed by atoms with Crippen molar-refractivity contribution in [1.82, 2.24) is 9.97 Å².